The number of carbonyl (C=O) groups excluding carboxylic acids is 3. The molecule has 0 bridgehead atoms. The second-order valence-electron chi connectivity index (χ2n) is 9.88. The second-order valence-corrected chi connectivity index (χ2v) is 15.3. The van der Waals surface area contributed by atoms with Crippen LogP contribution in [-0.2, 0) is 9.53 Å². The SMILES string of the molecule is COC(=O)C(C)c1ccc(O[Si](C(C)C)(C(C)C)C(C)C)c(N2C(=O)c3ccccc3C2=O)c1. The van der Waals surface area contributed by atoms with E-state index in [9.17, 15) is 14.4 Å². The van der Waals surface area contributed by atoms with E-state index in [-0.39, 0.29) is 11.8 Å². The molecule has 0 fully saturated rings. The largest absolute Gasteiger partial charge is 0.541 e. The molecule has 0 saturated heterocycles. The van der Waals surface area contributed by atoms with Gasteiger partial charge in [-0.3, -0.25) is 14.4 Å². The highest BCUT2D eigenvalue weighted by Crippen LogP contribution is 2.46. The lowest BCUT2D eigenvalue weighted by Crippen LogP contribution is -2.51. The summed E-state index contributed by atoms with van der Waals surface area (Å²) in [6, 6.07) is 12.1. The van der Waals surface area contributed by atoms with Crippen LogP contribution >= 0.6 is 0 Å². The summed E-state index contributed by atoms with van der Waals surface area (Å²) >= 11 is 0. The van der Waals surface area contributed by atoms with E-state index in [0.29, 0.717) is 44.8 Å². The molecule has 0 aromatic heterocycles. The fourth-order valence-corrected chi connectivity index (χ4v) is 10.6. The fraction of sp³-hybridized carbons (Fsp3) is 0.444. The molecule has 3 rings (SSSR count). The van der Waals surface area contributed by atoms with Crippen LogP contribution in [0.25, 0.3) is 0 Å². The van der Waals surface area contributed by atoms with E-state index >= 15 is 0 Å². The summed E-state index contributed by atoms with van der Waals surface area (Å²) in [5, 5.41) is 0. The minimum atomic E-state index is -2.39. The van der Waals surface area contributed by atoms with Crippen molar-refractivity contribution in [2.75, 3.05) is 12.0 Å². The van der Waals surface area contributed by atoms with Gasteiger partial charge in [-0.25, -0.2) is 4.90 Å². The highest BCUT2D eigenvalue weighted by molar-refractivity contribution is 6.78. The van der Waals surface area contributed by atoms with Gasteiger partial charge in [-0.15, -0.1) is 0 Å². The molecule has 0 aliphatic carbocycles. The number of esters is 1. The van der Waals surface area contributed by atoms with E-state index < -0.39 is 20.2 Å². The van der Waals surface area contributed by atoms with Crippen molar-refractivity contribution in [3.8, 4) is 5.75 Å². The van der Waals surface area contributed by atoms with Crippen LogP contribution in [0.4, 0.5) is 5.69 Å². The molecule has 1 aliphatic heterocycles. The average Bonchev–Trinajstić information content (AvgIpc) is 3.05. The average molecular weight is 482 g/mol. The third-order valence-corrected chi connectivity index (χ3v) is 13.1. The van der Waals surface area contributed by atoms with Crippen LogP contribution < -0.4 is 9.33 Å². The zero-order valence-electron chi connectivity index (χ0n) is 21.3. The first-order chi connectivity index (χ1) is 16.0. The van der Waals surface area contributed by atoms with E-state index in [0.717, 1.165) is 0 Å². The number of fused-ring (bicyclic) bond motifs is 1. The van der Waals surface area contributed by atoms with Crippen molar-refractivity contribution in [3.63, 3.8) is 0 Å². The van der Waals surface area contributed by atoms with Gasteiger partial charge in [-0.05, 0) is 53.4 Å². The minimum Gasteiger partial charge on any atom is -0.541 e. The Morgan fingerprint density at radius 3 is 1.76 bits per heavy atom. The molecule has 0 saturated carbocycles. The summed E-state index contributed by atoms with van der Waals surface area (Å²) < 4.78 is 11.8. The Morgan fingerprint density at radius 1 is 0.824 bits per heavy atom. The van der Waals surface area contributed by atoms with Gasteiger partial charge < -0.3 is 9.16 Å². The zero-order valence-corrected chi connectivity index (χ0v) is 22.3. The van der Waals surface area contributed by atoms with Crippen molar-refractivity contribution in [2.45, 2.75) is 71.0 Å². The number of hydrogen-bond acceptors (Lipinski definition) is 5. The molecule has 1 heterocycles. The van der Waals surface area contributed by atoms with Crippen molar-refractivity contribution in [1.29, 1.82) is 0 Å². The highest BCUT2D eigenvalue weighted by Gasteiger charge is 2.48. The van der Waals surface area contributed by atoms with Crippen LogP contribution in [0.1, 0.15) is 80.7 Å². The van der Waals surface area contributed by atoms with E-state index in [1.54, 1.807) is 43.3 Å². The van der Waals surface area contributed by atoms with Gasteiger partial charge in [0.15, 0.2) is 0 Å². The standard InChI is InChI=1S/C27H35NO5Si/c1-16(2)34(17(3)4,18(5)6)33-24-14-13-20(19(7)27(31)32-8)15-23(24)28-25(29)21-11-9-10-12-22(21)26(28)30/h9-19H,1-8H3. The molecule has 0 spiro atoms. The molecule has 0 radical (unpaired) electrons. The Labute approximate surface area is 203 Å². The Kier molecular flexibility index (Phi) is 7.36. The normalized spacial score (nSPS) is 14.7. The predicted molar refractivity (Wildman–Crippen MR) is 136 cm³/mol. The molecule has 0 N–H and O–H groups in total. The molecular formula is C27H35NO5Si. The summed E-state index contributed by atoms with van der Waals surface area (Å²) in [5.41, 5.74) is 2.66. The van der Waals surface area contributed by atoms with Gasteiger partial charge >= 0.3 is 5.97 Å². The van der Waals surface area contributed by atoms with Crippen molar-refractivity contribution in [1.82, 2.24) is 0 Å². The maximum atomic E-state index is 13.4. The van der Waals surface area contributed by atoms with Crippen LogP contribution in [0, 0.1) is 0 Å². The van der Waals surface area contributed by atoms with Gasteiger partial charge in [0.05, 0.1) is 29.8 Å². The van der Waals surface area contributed by atoms with E-state index in [4.69, 9.17) is 9.16 Å². The number of benzene rings is 2. The number of methoxy groups -OCH3 is 1. The number of carbonyl (C=O) groups is 3. The molecule has 6 nitrogen and oxygen atoms in total. The number of anilines is 1. The maximum Gasteiger partial charge on any atom is 0.312 e. The summed E-state index contributed by atoms with van der Waals surface area (Å²) in [6.07, 6.45) is 0. The fourth-order valence-electron chi connectivity index (χ4n) is 5.33. The van der Waals surface area contributed by atoms with Crippen molar-refractivity contribution in [3.05, 3.63) is 59.2 Å². The Bertz CT molecular complexity index is 1050. The lowest BCUT2D eigenvalue weighted by molar-refractivity contribution is -0.141. The Hall–Kier alpha value is -2.93. The first-order valence-electron chi connectivity index (χ1n) is 11.9. The lowest BCUT2D eigenvalue weighted by atomic mass is 10.00. The van der Waals surface area contributed by atoms with E-state index in [1.807, 2.05) is 6.07 Å². The number of imide groups is 1. The zero-order chi connectivity index (χ0) is 25.4. The minimum absolute atomic E-state index is 0.302. The van der Waals surface area contributed by atoms with Crippen molar-refractivity contribution in [2.24, 2.45) is 0 Å². The van der Waals surface area contributed by atoms with Gasteiger partial charge in [0.2, 0.25) is 0 Å². The molecule has 1 atom stereocenters. The van der Waals surface area contributed by atoms with Gasteiger partial charge in [-0.2, -0.15) is 0 Å². The first-order valence-corrected chi connectivity index (χ1v) is 14.0. The van der Waals surface area contributed by atoms with Crippen LogP contribution in [0.15, 0.2) is 42.5 Å². The highest BCUT2D eigenvalue weighted by atomic mass is 28.4. The summed E-state index contributed by atoms with van der Waals surface area (Å²) in [4.78, 5) is 40.2. The third-order valence-electron chi connectivity index (χ3n) is 7.07. The second kappa shape index (κ2) is 9.74. The number of nitrogens with zero attached hydrogens (tertiary/aromatic N) is 1. The molecular weight excluding hydrogens is 446 g/mol. The number of ether oxygens (including phenoxy) is 1. The molecule has 2 aromatic carbocycles. The van der Waals surface area contributed by atoms with Crippen LogP contribution in [0.3, 0.4) is 0 Å². The molecule has 2 aromatic rings. The van der Waals surface area contributed by atoms with E-state index in [2.05, 4.69) is 41.5 Å². The van der Waals surface area contributed by atoms with Crippen LogP contribution in [-0.4, -0.2) is 33.2 Å². The molecule has 182 valence electrons. The monoisotopic (exact) mass is 481 g/mol. The Balaban J connectivity index is 2.21. The molecule has 1 unspecified atom stereocenters. The van der Waals surface area contributed by atoms with Crippen molar-refractivity contribution >= 4 is 31.8 Å². The van der Waals surface area contributed by atoms with Gasteiger partial charge in [0.25, 0.3) is 20.1 Å². The molecule has 1 aliphatic rings. The quantitative estimate of drug-likeness (QED) is 0.251. The van der Waals surface area contributed by atoms with Crippen molar-refractivity contribution < 1.29 is 23.5 Å². The number of rotatable bonds is 8. The maximum absolute atomic E-state index is 13.4. The van der Waals surface area contributed by atoms with Gasteiger partial charge in [0.1, 0.15) is 5.75 Å². The molecule has 34 heavy (non-hydrogen) atoms. The Morgan fingerprint density at radius 2 is 1.32 bits per heavy atom. The number of hydrogen-bond donors (Lipinski definition) is 0. The first kappa shape index (κ1) is 25.7. The van der Waals surface area contributed by atoms with Gasteiger partial charge in [0, 0.05) is 0 Å². The summed E-state index contributed by atoms with van der Waals surface area (Å²) in [7, 11) is -1.05. The van der Waals surface area contributed by atoms with Gasteiger partial charge in [-0.1, -0.05) is 59.7 Å². The summed E-state index contributed by atoms with van der Waals surface area (Å²) in [6.45, 7) is 14.8. The van der Waals surface area contributed by atoms with Crippen LogP contribution in [0.2, 0.25) is 16.6 Å². The van der Waals surface area contributed by atoms with Crippen LogP contribution in [0.5, 0.6) is 5.75 Å². The summed E-state index contributed by atoms with van der Waals surface area (Å²) in [5.74, 6) is -1.23. The molecule has 2 amide bonds. The number of amides is 2. The molecule has 7 heteroatoms. The van der Waals surface area contributed by atoms with E-state index in [1.165, 1.54) is 12.0 Å². The smallest absolute Gasteiger partial charge is 0.312 e. The topological polar surface area (TPSA) is 72.9 Å². The third kappa shape index (κ3) is 4.17. The lowest BCUT2D eigenvalue weighted by Gasteiger charge is -2.43. The predicted octanol–water partition coefficient (Wildman–Crippen LogP) is 6.32.